The Kier molecular flexibility index (Phi) is 3.99. The van der Waals surface area contributed by atoms with Crippen molar-refractivity contribution in [2.24, 2.45) is 5.73 Å². The number of hydrogen-bond acceptors (Lipinski definition) is 4. The Balaban J connectivity index is 1.96. The van der Waals surface area contributed by atoms with Crippen LogP contribution in [0.4, 0.5) is 0 Å². The fourth-order valence-corrected chi connectivity index (χ4v) is 3.35. The minimum absolute atomic E-state index is 0.262. The van der Waals surface area contributed by atoms with E-state index in [0.717, 1.165) is 17.7 Å². The first-order valence-corrected chi connectivity index (χ1v) is 8.01. The molecule has 1 heterocycles. The molecule has 1 aliphatic rings. The van der Waals surface area contributed by atoms with Crippen LogP contribution in [0.15, 0.2) is 24.3 Å². The monoisotopic (exact) mass is 284 g/mol. The second-order valence-electron chi connectivity index (χ2n) is 4.49. The first-order chi connectivity index (χ1) is 8.46. The average Bonchev–Trinajstić information content (AvgIpc) is 2.33. The molecule has 1 aliphatic heterocycles. The van der Waals surface area contributed by atoms with Crippen molar-refractivity contribution < 1.29 is 8.42 Å². The van der Waals surface area contributed by atoms with Crippen LogP contribution in [-0.2, 0) is 16.4 Å². The fourth-order valence-electron chi connectivity index (χ4n) is 1.94. The van der Waals surface area contributed by atoms with Crippen molar-refractivity contribution in [2.45, 2.75) is 6.54 Å². The number of sulfone groups is 1. The molecule has 1 aromatic rings. The Morgan fingerprint density at radius 3 is 2.28 bits per heavy atom. The van der Waals surface area contributed by atoms with Gasteiger partial charge in [0.2, 0.25) is 0 Å². The number of thiocarbonyl (C=S) groups is 1. The molecule has 0 atom stereocenters. The largest absolute Gasteiger partial charge is 0.389 e. The molecule has 1 aromatic carbocycles. The highest BCUT2D eigenvalue weighted by Gasteiger charge is 2.21. The summed E-state index contributed by atoms with van der Waals surface area (Å²) in [6.07, 6.45) is 0. The predicted octanol–water partition coefficient (Wildman–Crippen LogP) is 0.551. The van der Waals surface area contributed by atoms with Gasteiger partial charge >= 0.3 is 0 Å². The SMILES string of the molecule is NC(=S)c1ccc(CN2CCS(=O)(=O)CC2)cc1. The van der Waals surface area contributed by atoms with Crippen LogP contribution in [0.2, 0.25) is 0 Å². The maximum absolute atomic E-state index is 11.3. The van der Waals surface area contributed by atoms with Crippen molar-refractivity contribution >= 4 is 27.0 Å². The Morgan fingerprint density at radius 1 is 1.22 bits per heavy atom. The molecule has 2 rings (SSSR count). The molecular formula is C12H16N2O2S2. The van der Waals surface area contributed by atoms with Crippen molar-refractivity contribution in [3.63, 3.8) is 0 Å². The van der Waals surface area contributed by atoms with E-state index in [9.17, 15) is 8.42 Å². The number of nitrogens with two attached hydrogens (primary N) is 1. The topological polar surface area (TPSA) is 63.4 Å². The molecule has 0 radical (unpaired) electrons. The lowest BCUT2D eigenvalue weighted by Gasteiger charge is -2.26. The summed E-state index contributed by atoms with van der Waals surface area (Å²) in [5, 5.41) is 0. The molecule has 0 spiro atoms. The highest BCUT2D eigenvalue weighted by molar-refractivity contribution is 7.91. The van der Waals surface area contributed by atoms with Crippen molar-refractivity contribution in [1.29, 1.82) is 0 Å². The number of rotatable bonds is 3. The van der Waals surface area contributed by atoms with E-state index in [0.29, 0.717) is 18.1 Å². The third kappa shape index (κ3) is 3.51. The van der Waals surface area contributed by atoms with Gasteiger partial charge < -0.3 is 5.73 Å². The second kappa shape index (κ2) is 5.34. The first-order valence-electron chi connectivity index (χ1n) is 5.78. The van der Waals surface area contributed by atoms with E-state index in [-0.39, 0.29) is 11.5 Å². The summed E-state index contributed by atoms with van der Waals surface area (Å²) in [4.78, 5) is 2.54. The van der Waals surface area contributed by atoms with Gasteiger partial charge in [-0.25, -0.2) is 8.42 Å². The van der Waals surface area contributed by atoms with Crippen LogP contribution in [0.1, 0.15) is 11.1 Å². The van der Waals surface area contributed by atoms with Crippen LogP contribution in [0, 0.1) is 0 Å². The predicted molar refractivity (Wildman–Crippen MR) is 76.3 cm³/mol. The highest BCUT2D eigenvalue weighted by atomic mass is 32.2. The Bertz CT molecular complexity index is 524. The summed E-state index contributed by atoms with van der Waals surface area (Å²) in [7, 11) is -2.80. The summed E-state index contributed by atoms with van der Waals surface area (Å²) in [5.74, 6) is 0.524. The molecule has 0 amide bonds. The summed E-state index contributed by atoms with van der Waals surface area (Å²) in [6, 6.07) is 7.77. The zero-order valence-electron chi connectivity index (χ0n) is 10.0. The molecule has 98 valence electrons. The summed E-state index contributed by atoms with van der Waals surface area (Å²) in [5.41, 5.74) is 7.54. The molecule has 1 saturated heterocycles. The van der Waals surface area contributed by atoms with Gasteiger partial charge in [0.25, 0.3) is 0 Å². The Labute approximate surface area is 113 Å². The van der Waals surface area contributed by atoms with Crippen LogP contribution < -0.4 is 5.73 Å². The molecule has 0 unspecified atom stereocenters. The fraction of sp³-hybridized carbons (Fsp3) is 0.417. The summed E-state index contributed by atoms with van der Waals surface area (Å²) < 4.78 is 22.6. The van der Waals surface area contributed by atoms with E-state index < -0.39 is 9.84 Å². The van der Waals surface area contributed by atoms with Crippen LogP contribution >= 0.6 is 12.2 Å². The average molecular weight is 284 g/mol. The van der Waals surface area contributed by atoms with Crippen molar-refractivity contribution in [2.75, 3.05) is 24.6 Å². The molecular weight excluding hydrogens is 268 g/mol. The third-order valence-corrected chi connectivity index (χ3v) is 4.93. The van der Waals surface area contributed by atoms with Gasteiger partial charge in [-0.05, 0) is 5.56 Å². The van der Waals surface area contributed by atoms with E-state index in [2.05, 4.69) is 4.90 Å². The molecule has 18 heavy (non-hydrogen) atoms. The zero-order chi connectivity index (χ0) is 13.2. The Hall–Kier alpha value is -0.980. The maximum atomic E-state index is 11.3. The summed E-state index contributed by atoms with van der Waals surface area (Å²) in [6.45, 7) is 1.99. The van der Waals surface area contributed by atoms with Gasteiger partial charge in [0.15, 0.2) is 9.84 Å². The lowest BCUT2D eigenvalue weighted by Crippen LogP contribution is -2.39. The Morgan fingerprint density at radius 2 is 1.78 bits per heavy atom. The van der Waals surface area contributed by atoms with Gasteiger partial charge in [-0.1, -0.05) is 36.5 Å². The number of hydrogen-bond donors (Lipinski definition) is 1. The van der Waals surface area contributed by atoms with Gasteiger partial charge in [-0.15, -0.1) is 0 Å². The van der Waals surface area contributed by atoms with Gasteiger partial charge in [0, 0.05) is 25.2 Å². The van der Waals surface area contributed by atoms with Crippen molar-refractivity contribution in [3.05, 3.63) is 35.4 Å². The van der Waals surface area contributed by atoms with Crippen molar-refractivity contribution in [1.82, 2.24) is 4.90 Å². The van der Waals surface area contributed by atoms with Crippen LogP contribution in [-0.4, -0.2) is 42.9 Å². The summed E-state index contributed by atoms with van der Waals surface area (Å²) >= 11 is 4.89. The quantitative estimate of drug-likeness (QED) is 0.821. The molecule has 6 heteroatoms. The van der Waals surface area contributed by atoms with E-state index in [1.54, 1.807) is 0 Å². The second-order valence-corrected chi connectivity index (χ2v) is 7.23. The molecule has 4 nitrogen and oxygen atoms in total. The molecule has 0 saturated carbocycles. The molecule has 0 bridgehead atoms. The maximum Gasteiger partial charge on any atom is 0.152 e. The van der Waals surface area contributed by atoms with E-state index in [4.69, 9.17) is 18.0 Å². The van der Waals surface area contributed by atoms with E-state index >= 15 is 0 Å². The molecule has 0 aromatic heterocycles. The van der Waals surface area contributed by atoms with E-state index in [1.165, 1.54) is 0 Å². The zero-order valence-corrected chi connectivity index (χ0v) is 11.6. The van der Waals surface area contributed by atoms with Crippen molar-refractivity contribution in [3.8, 4) is 0 Å². The van der Waals surface area contributed by atoms with Gasteiger partial charge in [0.05, 0.1) is 11.5 Å². The first kappa shape index (κ1) is 13.5. The standard InChI is InChI=1S/C12H16N2O2S2/c13-12(17)11-3-1-10(2-4-11)9-14-5-7-18(15,16)8-6-14/h1-4H,5-9H2,(H2,13,17). The lowest BCUT2D eigenvalue weighted by molar-refractivity contribution is 0.287. The molecule has 0 aliphatic carbocycles. The van der Waals surface area contributed by atoms with Crippen LogP contribution in [0.5, 0.6) is 0 Å². The highest BCUT2D eigenvalue weighted by Crippen LogP contribution is 2.11. The van der Waals surface area contributed by atoms with Gasteiger partial charge in [0.1, 0.15) is 4.99 Å². The van der Waals surface area contributed by atoms with Crippen LogP contribution in [0.3, 0.4) is 0 Å². The third-order valence-electron chi connectivity index (χ3n) is 3.08. The normalized spacial score (nSPS) is 19.6. The smallest absolute Gasteiger partial charge is 0.152 e. The number of benzene rings is 1. The molecule has 2 N–H and O–H groups in total. The molecule has 1 fully saturated rings. The van der Waals surface area contributed by atoms with Gasteiger partial charge in [-0.3, -0.25) is 4.90 Å². The van der Waals surface area contributed by atoms with Crippen LogP contribution in [0.25, 0.3) is 0 Å². The van der Waals surface area contributed by atoms with E-state index in [1.807, 2.05) is 24.3 Å². The minimum Gasteiger partial charge on any atom is -0.389 e. The minimum atomic E-state index is -2.80. The lowest BCUT2D eigenvalue weighted by atomic mass is 10.1. The van der Waals surface area contributed by atoms with Gasteiger partial charge in [-0.2, -0.15) is 0 Å². The number of nitrogens with zero attached hydrogens (tertiary/aromatic N) is 1.